The van der Waals surface area contributed by atoms with Gasteiger partial charge in [-0.2, -0.15) is 0 Å². The molecule has 1 aromatic rings. The van der Waals surface area contributed by atoms with Gasteiger partial charge in [-0.1, -0.05) is 69.6 Å². The van der Waals surface area contributed by atoms with Crippen molar-refractivity contribution >= 4 is 87.0 Å². The number of hydrogen-bond acceptors (Lipinski definition) is 4. The van der Waals surface area contributed by atoms with Crippen LogP contribution in [0.3, 0.4) is 0 Å². The third kappa shape index (κ3) is 8.38. The number of aromatic amines is 1. The zero-order chi connectivity index (χ0) is 20.7. The molecule has 0 unspecified atom stereocenters. The first-order valence-electron chi connectivity index (χ1n) is 7.90. The predicted molar refractivity (Wildman–Crippen MR) is 116 cm³/mol. The van der Waals surface area contributed by atoms with Crippen LogP contribution in [0.25, 0.3) is 0 Å². The minimum absolute atomic E-state index is 0.221. The van der Waals surface area contributed by atoms with E-state index in [1.54, 1.807) is 12.3 Å². The fraction of sp³-hybridized carbons (Fsp3) is 0.562. The summed E-state index contributed by atoms with van der Waals surface area (Å²) < 4.78 is 1.73. The number of H-pyrrole nitrogens is 1. The zero-order valence-corrected chi connectivity index (χ0v) is 19.2. The van der Waals surface area contributed by atoms with Gasteiger partial charge in [-0.25, -0.2) is 4.79 Å². The van der Waals surface area contributed by atoms with E-state index >= 15 is 0 Å². The maximum atomic E-state index is 10.8. The lowest BCUT2D eigenvalue weighted by Gasteiger charge is -2.20. The molecule has 2 aliphatic heterocycles. The smallest absolute Gasteiger partial charge is 0.356 e. The molecule has 0 spiro atoms. The van der Waals surface area contributed by atoms with Gasteiger partial charge in [0.05, 0.1) is 17.8 Å². The molecule has 2 aliphatic rings. The molecule has 5 nitrogen and oxygen atoms in total. The van der Waals surface area contributed by atoms with Crippen molar-refractivity contribution in [1.82, 2.24) is 4.98 Å². The number of aromatic nitrogens is 1. The normalized spacial score (nSPS) is 17.8. The molecule has 0 saturated carbocycles. The van der Waals surface area contributed by atoms with Gasteiger partial charge in [0.15, 0.2) is 4.33 Å². The Balaban J connectivity index is 0.000000211. The Morgan fingerprint density at radius 1 is 1.26 bits per heavy atom. The van der Waals surface area contributed by atoms with Crippen LogP contribution in [0, 0.1) is 0 Å². The van der Waals surface area contributed by atoms with E-state index in [1.807, 2.05) is 0 Å². The summed E-state index contributed by atoms with van der Waals surface area (Å²) in [4.78, 5) is 21.5. The number of carbonyl (C=O) groups excluding carboxylic acids is 1. The highest BCUT2D eigenvalue weighted by atomic mass is 35.6. The number of hydrogen-bond donors (Lipinski definition) is 1. The van der Waals surface area contributed by atoms with Gasteiger partial charge in [0.2, 0.25) is 3.79 Å². The Kier molecular flexibility index (Phi) is 10.2. The molecule has 11 heteroatoms. The molecule has 0 bridgehead atoms. The number of carbonyl (C=O) groups is 1. The second-order valence-corrected chi connectivity index (χ2v) is 9.77. The fourth-order valence-electron chi connectivity index (χ4n) is 2.13. The van der Waals surface area contributed by atoms with E-state index < -0.39 is 14.1 Å². The van der Waals surface area contributed by atoms with Crippen LogP contribution in [0.5, 0.6) is 0 Å². The molecule has 3 heterocycles. The Labute approximate surface area is 188 Å². The van der Waals surface area contributed by atoms with E-state index in [1.165, 1.54) is 25.7 Å². The van der Waals surface area contributed by atoms with Crippen molar-refractivity contribution in [2.75, 3.05) is 20.2 Å². The van der Waals surface area contributed by atoms with E-state index in [0.717, 1.165) is 6.54 Å². The molecule has 0 amide bonds. The SMILES string of the molecule is CC1=NCCC1.COC(=O)c1[nH]ccc1Cl.ClC(Cl)(Cl)C1=NCCC1(Cl)Cl. The van der Waals surface area contributed by atoms with Gasteiger partial charge in [-0.3, -0.25) is 9.98 Å². The van der Waals surface area contributed by atoms with E-state index in [0.29, 0.717) is 23.7 Å². The number of ether oxygens (including phenoxy) is 1. The molecular weight excluding hydrogens is 479 g/mol. The average Bonchev–Trinajstić information content (AvgIpc) is 3.29. The van der Waals surface area contributed by atoms with Crippen LogP contribution in [0.1, 0.15) is 36.7 Å². The molecule has 0 fully saturated rings. The van der Waals surface area contributed by atoms with Gasteiger partial charge < -0.3 is 9.72 Å². The lowest BCUT2D eigenvalue weighted by atomic mass is 10.2. The quantitative estimate of drug-likeness (QED) is 0.378. The molecule has 27 heavy (non-hydrogen) atoms. The van der Waals surface area contributed by atoms with Crippen molar-refractivity contribution in [3.63, 3.8) is 0 Å². The minimum Gasteiger partial charge on any atom is -0.464 e. The van der Waals surface area contributed by atoms with Crippen LogP contribution in [0.4, 0.5) is 0 Å². The summed E-state index contributed by atoms with van der Waals surface area (Å²) in [6.07, 6.45) is 4.60. The van der Waals surface area contributed by atoms with Gasteiger partial charge in [0.1, 0.15) is 5.69 Å². The molecule has 0 aromatic carbocycles. The summed E-state index contributed by atoms with van der Waals surface area (Å²) >= 11 is 33.8. The largest absolute Gasteiger partial charge is 0.464 e. The lowest BCUT2D eigenvalue weighted by molar-refractivity contribution is 0.0595. The Hall–Kier alpha value is -0.170. The second kappa shape index (κ2) is 11.1. The van der Waals surface area contributed by atoms with E-state index in [-0.39, 0.29) is 5.71 Å². The third-order valence-corrected chi connectivity index (χ3v) is 5.06. The van der Waals surface area contributed by atoms with Crippen LogP contribution >= 0.6 is 69.6 Å². The van der Waals surface area contributed by atoms with Crippen molar-refractivity contribution in [2.45, 2.75) is 34.3 Å². The molecule has 1 N–H and O–H groups in total. The highest BCUT2D eigenvalue weighted by Crippen LogP contribution is 2.42. The van der Waals surface area contributed by atoms with Crippen molar-refractivity contribution in [3.05, 3.63) is 23.0 Å². The maximum Gasteiger partial charge on any atom is 0.356 e. The number of halogens is 6. The monoisotopic (exact) mass is 495 g/mol. The highest BCUT2D eigenvalue weighted by Gasteiger charge is 2.45. The lowest BCUT2D eigenvalue weighted by Crippen LogP contribution is -2.32. The van der Waals surface area contributed by atoms with E-state index in [9.17, 15) is 4.79 Å². The first-order valence-corrected chi connectivity index (χ1v) is 10.2. The molecular formula is C16H19Cl6N3O2. The first-order chi connectivity index (χ1) is 12.5. The van der Waals surface area contributed by atoms with Crippen LogP contribution < -0.4 is 0 Å². The van der Waals surface area contributed by atoms with Crippen LogP contribution in [-0.2, 0) is 4.74 Å². The number of methoxy groups -OCH3 is 1. The molecule has 0 atom stereocenters. The number of rotatable bonds is 1. The third-order valence-electron chi connectivity index (χ3n) is 3.47. The van der Waals surface area contributed by atoms with Crippen LogP contribution in [0.15, 0.2) is 22.2 Å². The molecule has 0 radical (unpaired) electrons. The Morgan fingerprint density at radius 2 is 1.93 bits per heavy atom. The molecule has 0 saturated heterocycles. The number of alkyl halides is 5. The van der Waals surface area contributed by atoms with Crippen molar-refractivity contribution in [2.24, 2.45) is 9.98 Å². The van der Waals surface area contributed by atoms with Crippen molar-refractivity contribution < 1.29 is 9.53 Å². The molecule has 1 aromatic heterocycles. The summed E-state index contributed by atoms with van der Waals surface area (Å²) in [5, 5.41) is 0.381. The predicted octanol–water partition coefficient (Wildman–Crippen LogP) is 6.07. The zero-order valence-electron chi connectivity index (χ0n) is 14.7. The Morgan fingerprint density at radius 3 is 2.19 bits per heavy atom. The van der Waals surface area contributed by atoms with Gasteiger partial charge >= 0.3 is 5.97 Å². The molecule has 152 valence electrons. The van der Waals surface area contributed by atoms with Crippen LogP contribution in [0.2, 0.25) is 5.02 Å². The molecule has 3 rings (SSSR count). The minimum atomic E-state index is -1.58. The van der Waals surface area contributed by atoms with Crippen molar-refractivity contribution in [3.8, 4) is 0 Å². The Bertz CT molecular complexity index is 695. The van der Waals surface area contributed by atoms with Gasteiger partial charge in [0.25, 0.3) is 0 Å². The second-order valence-electron chi connectivity index (χ2n) is 5.60. The summed E-state index contributed by atoms with van der Waals surface area (Å²) in [5.41, 5.74) is 1.84. The van der Waals surface area contributed by atoms with Gasteiger partial charge in [-0.15, -0.1) is 0 Å². The van der Waals surface area contributed by atoms with Gasteiger partial charge in [-0.05, 0) is 25.8 Å². The van der Waals surface area contributed by atoms with Gasteiger partial charge in [0, 0.05) is 31.4 Å². The number of esters is 1. The number of nitrogens with zero attached hydrogens (tertiary/aromatic N) is 2. The summed E-state index contributed by atoms with van der Waals surface area (Å²) in [7, 11) is 1.31. The van der Waals surface area contributed by atoms with Crippen molar-refractivity contribution in [1.29, 1.82) is 0 Å². The summed E-state index contributed by atoms with van der Waals surface area (Å²) in [5.74, 6) is -0.449. The van der Waals surface area contributed by atoms with E-state index in [2.05, 4.69) is 26.6 Å². The van der Waals surface area contributed by atoms with Crippen LogP contribution in [-0.4, -0.2) is 50.7 Å². The number of nitrogens with one attached hydrogen (secondary N) is 1. The van der Waals surface area contributed by atoms with E-state index in [4.69, 9.17) is 69.6 Å². The topological polar surface area (TPSA) is 66.8 Å². The summed E-state index contributed by atoms with van der Waals surface area (Å²) in [6, 6.07) is 1.59. The standard InChI is InChI=1S/C6H6ClNO2.C5H4Cl5N.C5H9N/c1-10-6(9)5-4(7)2-3-8-5;6-4(7)1-2-11-3(4)5(8,9)10;1-5-3-2-4-6-5/h2-3,8H,1H3;1-2H2;2-4H2,1H3. The molecule has 0 aliphatic carbocycles. The highest BCUT2D eigenvalue weighted by molar-refractivity contribution is 6.81. The summed E-state index contributed by atoms with van der Waals surface area (Å²) in [6.45, 7) is 3.68. The average molecular weight is 498 g/mol. The first kappa shape index (κ1) is 24.9. The fourth-order valence-corrected chi connectivity index (χ4v) is 3.85. The maximum absolute atomic E-state index is 10.8. The number of aliphatic imine (C=N–C) groups is 2.